The van der Waals surface area contributed by atoms with Crippen molar-refractivity contribution in [2.45, 2.75) is 11.3 Å². The maximum atomic E-state index is 12.9. The molecule has 0 bridgehead atoms. The Kier molecular flexibility index (Phi) is 6.59. The summed E-state index contributed by atoms with van der Waals surface area (Å²) in [6.45, 7) is 1.86. The lowest BCUT2D eigenvalue weighted by molar-refractivity contribution is 0.102. The summed E-state index contributed by atoms with van der Waals surface area (Å²) in [5.41, 5.74) is 1.48. The molecule has 2 N–H and O–H groups in total. The van der Waals surface area contributed by atoms with Crippen molar-refractivity contribution in [3.8, 4) is 11.5 Å². The minimum atomic E-state index is -4.13. The second kappa shape index (κ2) is 9.57. The molecule has 0 fully saturated rings. The molecule has 0 aliphatic carbocycles. The maximum absolute atomic E-state index is 12.9. The van der Waals surface area contributed by atoms with E-state index in [0.717, 1.165) is 16.9 Å². The van der Waals surface area contributed by atoms with Gasteiger partial charge in [-0.05, 0) is 49.4 Å². The number of ether oxygens (including phenoxy) is 1. The van der Waals surface area contributed by atoms with E-state index in [1.54, 1.807) is 54.6 Å². The minimum Gasteiger partial charge on any atom is -0.455 e. The first-order chi connectivity index (χ1) is 15.8. The fourth-order valence-corrected chi connectivity index (χ4v) is 4.93. The van der Waals surface area contributed by atoms with E-state index >= 15 is 0 Å². The van der Waals surface area contributed by atoms with Crippen molar-refractivity contribution in [1.82, 2.24) is 10.2 Å². The van der Waals surface area contributed by atoms with Crippen LogP contribution in [0.3, 0.4) is 0 Å². The van der Waals surface area contributed by atoms with Crippen molar-refractivity contribution in [1.29, 1.82) is 0 Å². The zero-order valence-corrected chi connectivity index (χ0v) is 19.5. The molecule has 8 nitrogen and oxygen atoms in total. The number of anilines is 2. The maximum Gasteiger partial charge on any atom is 0.291 e. The van der Waals surface area contributed by atoms with E-state index in [2.05, 4.69) is 20.2 Å². The predicted octanol–water partition coefficient (Wildman–Crippen LogP) is 5.35. The highest BCUT2D eigenvalue weighted by molar-refractivity contribution is 7.94. The highest BCUT2D eigenvalue weighted by atomic mass is 35.5. The van der Waals surface area contributed by atoms with Crippen molar-refractivity contribution in [2.75, 3.05) is 10.0 Å². The van der Waals surface area contributed by atoms with Crippen LogP contribution in [-0.2, 0) is 10.0 Å². The van der Waals surface area contributed by atoms with Crippen molar-refractivity contribution in [2.24, 2.45) is 0 Å². The minimum absolute atomic E-state index is 0.0498. The van der Waals surface area contributed by atoms with E-state index in [1.807, 2.05) is 19.1 Å². The highest BCUT2D eigenvalue weighted by Gasteiger charge is 2.23. The number of sulfonamides is 1. The number of aryl methyl sites for hydroxylation is 1. The van der Waals surface area contributed by atoms with Crippen LogP contribution in [0.5, 0.6) is 11.5 Å². The van der Waals surface area contributed by atoms with Crippen LogP contribution >= 0.6 is 22.9 Å². The number of hydrogen-bond donors (Lipinski definition) is 2. The van der Waals surface area contributed by atoms with Gasteiger partial charge in [-0.2, -0.15) is 8.42 Å². The molecule has 1 amide bonds. The van der Waals surface area contributed by atoms with Crippen molar-refractivity contribution in [3.63, 3.8) is 0 Å². The van der Waals surface area contributed by atoms with Gasteiger partial charge in [0.1, 0.15) is 5.75 Å². The molecule has 0 radical (unpaired) electrons. The summed E-state index contributed by atoms with van der Waals surface area (Å²) in [6.07, 6.45) is 0. The lowest BCUT2D eigenvalue weighted by atomic mass is 10.1. The van der Waals surface area contributed by atoms with Crippen molar-refractivity contribution < 1.29 is 17.9 Å². The van der Waals surface area contributed by atoms with Gasteiger partial charge in [-0.1, -0.05) is 58.8 Å². The molecule has 33 heavy (non-hydrogen) atoms. The van der Waals surface area contributed by atoms with Gasteiger partial charge in [0.2, 0.25) is 5.13 Å². The molecule has 0 saturated carbocycles. The Morgan fingerprint density at radius 2 is 1.79 bits per heavy atom. The number of nitrogens with zero attached hydrogens (tertiary/aromatic N) is 2. The van der Waals surface area contributed by atoms with Gasteiger partial charge in [-0.3, -0.25) is 14.8 Å². The third kappa shape index (κ3) is 5.67. The van der Waals surface area contributed by atoms with Gasteiger partial charge in [-0.25, -0.2) is 0 Å². The first-order valence-electron chi connectivity index (χ1n) is 9.57. The van der Waals surface area contributed by atoms with E-state index in [1.165, 1.54) is 6.07 Å². The molecule has 4 aromatic rings. The number of para-hydroxylation sites is 1. The first-order valence-corrected chi connectivity index (χ1v) is 12.2. The van der Waals surface area contributed by atoms with Gasteiger partial charge in [0.15, 0.2) is 5.75 Å². The summed E-state index contributed by atoms with van der Waals surface area (Å²) in [4.78, 5) is 12.4. The zero-order chi connectivity index (χ0) is 23.4. The van der Waals surface area contributed by atoms with E-state index in [0.29, 0.717) is 16.3 Å². The number of carbonyl (C=O) groups excluding carboxylic acids is 1. The molecule has 0 spiro atoms. The molecule has 1 heterocycles. The number of aromatic nitrogens is 2. The molecule has 4 rings (SSSR count). The number of amides is 1. The Hall–Kier alpha value is -3.47. The van der Waals surface area contributed by atoms with Gasteiger partial charge >= 0.3 is 0 Å². The summed E-state index contributed by atoms with van der Waals surface area (Å²) >= 11 is 6.78. The number of nitrogens with one attached hydrogen (secondary N) is 2. The quantitative estimate of drug-likeness (QED) is 0.331. The average Bonchev–Trinajstić information content (AvgIpc) is 3.26. The van der Waals surface area contributed by atoms with Crippen LogP contribution in [0.4, 0.5) is 10.8 Å². The lowest BCUT2D eigenvalue weighted by Crippen LogP contribution is -2.13. The van der Waals surface area contributed by atoms with Gasteiger partial charge < -0.3 is 4.74 Å². The lowest BCUT2D eigenvalue weighted by Gasteiger charge is -2.12. The number of hydrogen-bond acceptors (Lipinski definition) is 7. The normalized spacial score (nSPS) is 11.1. The van der Waals surface area contributed by atoms with Crippen molar-refractivity contribution in [3.05, 3.63) is 88.9 Å². The SMILES string of the molecule is Cc1cccc(C(=O)Nc2nnc(S(=O)(=O)Nc3cc(Cl)ccc3Oc3ccccc3)s2)c1. The molecule has 0 aliphatic rings. The third-order valence-corrected chi connectivity index (χ3v) is 7.10. The van der Waals surface area contributed by atoms with Crippen molar-refractivity contribution >= 4 is 49.7 Å². The van der Waals surface area contributed by atoms with Crippen LogP contribution in [0, 0.1) is 6.92 Å². The summed E-state index contributed by atoms with van der Waals surface area (Å²) in [6, 6.07) is 20.4. The molecule has 1 aromatic heterocycles. The Morgan fingerprint density at radius 3 is 2.55 bits per heavy atom. The van der Waals surface area contributed by atoms with Crippen LogP contribution in [-0.4, -0.2) is 24.5 Å². The third-order valence-electron chi connectivity index (χ3n) is 4.29. The van der Waals surface area contributed by atoms with E-state index < -0.39 is 15.9 Å². The second-order valence-corrected chi connectivity index (χ2v) is 10.1. The van der Waals surface area contributed by atoms with Crippen LogP contribution in [0.15, 0.2) is 77.1 Å². The fourth-order valence-electron chi connectivity index (χ4n) is 2.80. The van der Waals surface area contributed by atoms with Crippen LogP contribution in [0.1, 0.15) is 15.9 Å². The smallest absolute Gasteiger partial charge is 0.291 e. The highest BCUT2D eigenvalue weighted by Crippen LogP contribution is 2.34. The summed E-state index contributed by atoms with van der Waals surface area (Å²) < 4.78 is 33.7. The van der Waals surface area contributed by atoms with E-state index in [4.69, 9.17) is 16.3 Å². The summed E-state index contributed by atoms with van der Waals surface area (Å²) in [5.74, 6) is 0.365. The monoisotopic (exact) mass is 500 g/mol. The molecule has 0 unspecified atom stereocenters. The van der Waals surface area contributed by atoms with Crippen LogP contribution in [0.2, 0.25) is 5.02 Å². The number of carbonyl (C=O) groups is 1. The fraction of sp³-hybridized carbons (Fsp3) is 0.0455. The largest absolute Gasteiger partial charge is 0.455 e. The Labute approximate surface area is 199 Å². The summed E-state index contributed by atoms with van der Waals surface area (Å²) in [5, 5.41) is 10.4. The van der Waals surface area contributed by atoms with Crippen LogP contribution in [0.25, 0.3) is 0 Å². The predicted molar refractivity (Wildman–Crippen MR) is 128 cm³/mol. The zero-order valence-electron chi connectivity index (χ0n) is 17.2. The number of halogens is 1. The topological polar surface area (TPSA) is 110 Å². The molecular formula is C22H17ClN4O4S2. The Bertz CT molecular complexity index is 1410. The standard InChI is InChI=1S/C22H17ClN4O4S2/c1-14-6-5-7-15(12-14)20(28)24-21-25-26-22(32-21)33(29,30)27-18-13-16(23)10-11-19(18)31-17-8-3-2-4-9-17/h2-13,27H,1H3,(H,24,25,28). The summed E-state index contributed by atoms with van der Waals surface area (Å²) in [7, 11) is -4.13. The van der Waals surface area contributed by atoms with Gasteiger partial charge in [0, 0.05) is 10.6 Å². The van der Waals surface area contributed by atoms with Gasteiger partial charge in [0.25, 0.3) is 20.3 Å². The van der Waals surface area contributed by atoms with E-state index in [9.17, 15) is 13.2 Å². The molecule has 3 aromatic carbocycles. The second-order valence-electron chi connectivity index (χ2n) is 6.86. The average molecular weight is 501 g/mol. The molecular weight excluding hydrogens is 484 g/mol. The van der Waals surface area contributed by atoms with Gasteiger partial charge in [-0.15, -0.1) is 10.2 Å². The number of rotatable bonds is 7. The number of benzene rings is 3. The molecule has 0 saturated heterocycles. The van der Waals surface area contributed by atoms with Crippen LogP contribution < -0.4 is 14.8 Å². The molecule has 0 aliphatic heterocycles. The Morgan fingerprint density at radius 1 is 1.00 bits per heavy atom. The first kappa shape index (κ1) is 22.7. The molecule has 0 atom stereocenters. The van der Waals surface area contributed by atoms with E-state index in [-0.39, 0.29) is 20.9 Å². The molecule has 11 heteroatoms. The molecule has 168 valence electrons. The Balaban J connectivity index is 1.53. The van der Waals surface area contributed by atoms with Gasteiger partial charge in [0.05, 0.1) is 5.69 Å².